The Bertz CT molecular complexity index is 335. The van der Waals surface area contributed by atoms with Crippen LogP contribution < -0.4 is 5.32 Å². The number of aromatic nitrogens is 3. The van der Waals surface area contributed by atoms with Gasteiger partial charge in [-0.2, -0.15) is 15.0 Å². The molecule has 1 N–H and O–H groups in total. The van der Waals surface area contributed by atoms with Gasteiger partial charge < -0.3 is 5.32 Å². The minimum absolute atomic E-state index is 0.249. The summed E-state index contributed by atoms with van der Waals surface area (Å²) in [6.45, 7) is 7.20. The molecule has 1 aromatic heterocycles. The summed E-state index contributed by atoms with van der Waals surface area (Å²) in [5, 5.41) is 4.53. The molecule has 0 amide bonds. The lowest BCUT2D eigenvalue weighted by atomic mass is 10.4. The summed E-state index contributed by atoms with van der Waals surface area (Å²) in [6.07, 6.45) is 2.10. The van der Waals surface area contributed by atoms with Gasteiger partial charge in [0.25, 0.3) is 0 Å². The minimum Gasteiger partial charge on any atom is -0.354 e. The third-order valence-corrected chi connectivity index (χ3v) is 3.30. The van der Waals surface area contributed by atoms with E-state index in [1.807, 2.05) is 0 Å². The fourth-order valence-electron chi connectivity index (χ4n) is 0.964. The Morgan fingerprint density at radius 3 is 2.69 bits per heavy atom. The lowest BCUT2D eigenvalue weighted by Crippen LogP contribution is -2.07. The van der Waals surface area contributed by atoms with E-state index in [1.54, 1.807) is 11.8 Å². The summed E-state index contributed by atoms with van der Waals surface area (Å²) >= 11 is 7.46. The van der Waals surface area contributed by atoms with E-state index in [2.05, 4.69) is 41.0 Å². The van der Waals surface area contributed by atoms with Crippen molar-refractivity contribution in [1.82, 2.24) is 15.0 Å². The van der Waals surface area contributed by atoms with Gasteiger partial charge in [-0.05, 0) is 24.4 Å². The van der Waals surface area contributed by atoms with Crippen LogP contribution in [0.3, 0.4) is 0 Å². The molecule has 0 spiro atoms. The van der Waals surface area contributed by atoms with Crippen molar-refractivity contribution in [3.63, 3.8) is 0 Å². The number of hydrogen-bond acceptors (Lipinski definition) is 5. The molecule has 0 radical (unpaired) electrons. The molecule has 1 rings (SSSR count). The SMILES string of the molecule is CCCNc1nc(Cl)nc(SC(C)CC)n1. The molecule has 6 heteroatoms. The molecule has 0 aliphatic carbocycles. The number of rotatable bonds is 6. The Kier molecular flexibility index (Phi) is 5.84. The third kappa shape index (κ3) is 4.53. The average molecular weight is 261 g/mol. The van der Waals surface area contributed by atoms with Crippen LogP contribution in [0.25, 0.3) is 0 Å². The molecule has 16 heavy (non-hydrogen) atoms. The zero-order chi connectivity index (χ0) is 12.0. The Morgan fingerprint density at radius 1 is 1.31 bits per heavy atom. The Hall–Kier alpha value is -0.550. The molecular weight excluding hydrogens is 244 g/mol. The third-order valence-electron chi connectivity index (χ3n) is 2.00. The second-order valence-electron chi connectivity index (χ2n) is 3.47. The molecule has 1 atom stereocenters. The quantitative estimate of drug-likeness (QED) is 0.796. The molecule has 0 aliphatic rings. The molecule has 0 aromatic carbocycles. The first-order chi connectivity index (χ1) is 7.65. The van der Waals surface area contributed by atoms with E-state index in [9.17, 15) is 0 Å². The second kappa shape index (κ2) is 6.91. The highest BCUT2D eigenvalue weighted by Crippen LogP contribution is 2.23. The zero-order valence-electron chi connectivity index (χ0n) is 9.83. The van der Waals surface area contributed by atoms with Crippen LogP contribution in [0.4, 0.5) is 5.95 Å². The van der Waals surface area contributed by atoms with E-state index in [-0.39, 0.29) is 5.28 Å². The summed E-state index contributed by atoms with van der Waals surface area (Å²) in [7, 11) is 0. The lowest BCUT2D eigenvalue weighted by molar-refractivity contribution is 0.856. The van der Waals surface area contributed by atoms with Crippen molar-refractivity contribution < 1.29 is 0 Å². The fourth-order valence-corrected chi connectivity index (χ4v) is 1.98. The van der Waals surface area contributed by atoms with Crippen LogP contribution in [0, 0.1) is 0 Å². The van der Waals surface area contributed by atoms with Crippen LogP contribution in [0.1, 0.15) is 33.6 Å². The standard InChI is InChI=1S/C10H17ClN4S/c1-4-6-12-9-13-8(11)14-10(15-9)16-7(3)5-2/h7H,4-6H2,1-3H3,(H,12,13,14,15). The maximum Gasteiger partial charge on any atom is 0.228 e. The van der Waals surface area contributed by atoms with Crippen molar-refractivity contribution in [3.05, 3.63) is 5.28 Å². The Balaban J connectivity index is 2.73. The van der Waals surface area contributed by atoms with E-state index >= 15 is 0 Å². The highest BCUT2D eigenvalue weighted by molar-refractivity contribution is 7.99. The number of hydrogen-bond donors (Lipinski definition) is 1. The first-order valence-corrected chi connectivity index (χ1v) is 6.73. The van der Waals surface area contributed by atoms with Gasteiger partial charge in [-0.3, -0.25) is 0 Å². The van der Waals surface area contributed by atoms with Gasteiger partial charge in [0.05, 0.1) is 0 Å². The van der Waals surface area contributed by atoms with Gasteiger partial charge in [0.1, 0.15) is 0 Å². The number of thioether (sulfide) groups is 1. The van der Waals surface area contributed by atoms with Gasteiger partial charge in [0, 0.05) is 11.8 Å². The maximum absolute atomic E-state index is 5.84. The highest BCUT2D eigenvalue weighted by Gasteiger charge is 2.08. The fraction of sp³-hybridized carbons (Fsp3) is 0.700. The number of anilines is 1. The van der Waals surface area contributed by atoms with Gasteiger partial charge >= 0.3 is 0 Å². The number of halogens is 1. The van der Waals surface area contributed by atoms with Crippen LogP contribution in [0.5, 0.6) is 0 Å². The van der Waals surface area contributed by atoms with E-state index in [1.165, 1.54) is 0 Å². The van der Waals surface area contributed by atoms with Crippen molar-refractivity contribution in [2.75, 3.05) is 11.9 Å². The predicted octanol–water partition coefficient (Wildman–Crippen LogP) is 3.24. The maximum atomic E-state index is 5.84. The normalized spacial score (nSPS) is 12.5. The Labute approximate surface area is 106 Å². The van der Waals surface area contributed by atoms with Gasteiger partial charge in [0.2, 0.25) is 11.2 Å². The number of nitrogens with zero attached hydrogens (tertiary/aromatic N) is 3. The van der Waals surface area contributed by atoms with Crippen molar-refractivity contribution in [2.24, 2.45) is 0 Å². The summed E-state index contributed by atoms with van der Waals surface area (Å²) < 4.78 is 0. The second-order valence-corrected chi connectivity index (χ2v) is 5.22. The van der Waals surface area contributed by atoms with E-state index in [4.69, 9.17) is 11.6 Å². The van der Waals surface area contributed by atoms with Crippen LogP contribution in [0.15, 0.2) is 5.16 Å². The van der Waals surface area contributed by atoms with E-state index in [0.29, 0.717) is 16.4 Å². The van der Waals surface area contributed by atoms with E-state index in [0.717, 1.165) is 19.4 Å². The lowest BCUT2D eigenvalue weighted by Gasteiger charge is -2.08. The van der Waals surface area contributed by atoms with Crippen LogP contribution in [0.2, 0.25) is 5.28 Å². The van der Waals surface area contributed by atoms with Crippen molar-refractivity contribution in [3.8, 4) is 0 Å². The molecule has 0 bridgehead atoms. The largest absolute Gasteiger partial charge is 0.354 e. The molecule has 0 saturated carbocycles. The van der Waals surface area contributed by atoms with E-state index < -0.39 is 0 Å². The summed E-state index contributed by atoms with van der Waals surface area (Å²) in [5.41, 5.74) is 0. The topological polar surface area (TPSA) is 50.7 Å². The molecule has 0 aliphatic heterocycles. The van der Waals surface area contributed by atoms with Gasteiger partial charge in [-0.25, -0.2) is 0 Å². The van der Waals surface area contributed by atoms with Crippen LogP contribution >= 0.6 is 23.4 Å². The summed E-state index contributed by atoms with van der Waals surface area (Å²) in [6, 6.07) is 0. The zero-order valence-corrected chi connectivity index (χ0v) is 11.4. The van der Waals surface area contributed by atoms with Gasteiger partial charge in [-0.1, -0.05) is 32.5 Å². The molecule has 4 nitrogen and oxygen atoms in total. The highest BCUT2D eigenvalue weighted by atomic mass is 35.5. The molecule has 1 heterocycles. The molecule has 0 fully saturated rings. The van der Waals surface area contributed by atoms with Crippen LogP contribution in [-0.4, -0.2) is 26.7 Å². The molecule has 1 unspecified atom stereocenters. The summed E-state index contributed by atoms with van der Waals surface area (Å²) in [4.78, 5) is 12.4. The average Bonchev–Trinajstić information content (AvgIpc) is 2.25. The molecule has 1 aromatic rings. The van der Waals surface area contributed by atoms with Crippen molar-refractivity contribution in [1.29, 1.82) is 0 Å². The predicted molar refractivity (Wildman–Crippen MR) is 69.2 cm³/mol. The smallest absolute Gasteiger partial charge is 0.228 e. The molecular formula is C10H17ClN4S. The molecule has 0 saturated heterocycles. The van der Waals surface area contributed by atoms with Crippen LogP contribution in [-0.2, 0) is 0 Å². The number of nitrogens with one attached hydrogen (secondary N) is 1. The first kappa shape index (κ1) is 13.5. The van der Waals surface area contributed by atoms with Gasteiger partial charge in [0.15, 0.2) is 5.16 Å². The minimum atomic E-state index is 0.249. The summed E-state index contributed by atoms with van der Waals surface area (Å²) in [5.74, 6) is 0.563. The van der Waals surface area contributed by atoms with Gasteiger partial charge in [-0.15, -0.1) is 0 Å². The Morgan fingerprint density at radius 2 is 2.06 bits per heavy atom. The van der Waals surface area contributed by atoms with Crippen molar-refractivity contribution >= 4 is 29.3 Å². The monoisotopic (exact) mass is 260 g/mol. The molecule has 90 valence electrons. The van der Waals surface area contributed by atoms with Crippen molar-refractivity contribution in [2.45, 2.75) is 44.0 Å². The first-order valence-electron chi connectivity index (χ1n) is 5.47.